The van der Waals surface area contributed by atoms with Gasteiger partial charge in [-0.1, -0.05) is 37.3 Å². The molecule has 0 spiro atoms. The first-order chi connectivity index (χ1) is 10.4. The maximum atomic E-state index is 4.43. The molecule has 21 heavy (non-hydrogen) atoms. The van der Waals surface area contributed by atoms with Gasteiger partial charge in [0.25, 0.3) is 0 Å². The summed E-state index contributed by atoms with van der Waals surface area (Å²) in [6.07, 6.45) is 4.28. The van der Waals surface area contributed by atoms with Crippen molar-refractivity contribution in [3.63, 3.8) is 0 Å². The summed E-state index contributed by atoms with van der Waals surface area (Å²) < 4.78 is 0. The van der Waals surface area contributed by atoms with Crippen molar-refractivity contribution in [1.29, 1.82) is 0 Å². The second kappa shape index (κ2) is 6.09. The van der Waals surface area contributed by atoms with Crippen molar-refractivity contribution in [2.24, 2.45) is 5.10 Å². The molecule has 1 N–H and O–H groups in total. The van der Waals surface area contributed by atoms with Crippen molar-refractivity contribution in [3.8, 4) is 0 Å². The summed E-state index contributed by atoms with van der Waals surface area (Å²) >= 11 is 0. The van der Waals surface area contributed by atoms with E-state index in [-0.39, 0.29) is 0 Å². The average molecular weight is 277 g/mol. The molecule has 0 aliphatic carbocycles. The van der Waals surface area contributed by atoms with E-state index in [1.165, 1.54) is 0 Å². The minimum atomic E-state index is 0.648. The Bertz CT molecular complexity index is 762. The van der Waals surface area contributed by atoms with Gasteiger partial charge >= 0.3 is 0 Å². The van der Waals surface area contributed by atoms with Crippen LogP contribution in [0.15, 0.2) is 60.0 Å². The van der Waals surface area contributed by atoms with Crippen LogP contribution in [0.25, 0.3) is 10.8 Å². The molecule has 1 aromatic carbocycles. The third-order valence-electron chi connectivity index (χ3n) is 3.16. The van der Waals surface area contributed by atoms with E-state index in [0.717, 1.165) is 28.6 Å². The van der Waals surface area contributed by atoms with E-state index in [9.17, 15) is 0 Å². The van der Waals surface area contributed by atoms with Gasteiger partial charge in [-0.05, 0) is 18.6 Å². The zero-order valence-corrected chi connectivity index (χ0v) is 11.7. The van der Waals surface area contributed by atoms with Crippen LogP contribution in [-0.4, -0.2) is 20.9 Å². The maximum absolute atomic E-state index is 4.43. The van der Waals surface area contributed by atoms with Crippen LogP contribution in [0.5, 0.6) is 0 Å². The van der Waals surface area contributed by atoms with Gasteiger partial charge in [-0.3, -0.25) is 10.4 Å². The number of hydrogen-bond donors (Lipinski definition) is 1. The van der Waals surface area contributed by atoms with Crippen molar-refractivity contribution in [3.05, 3.63) is 60.6 Å². The Morgan fingerprint density at radius 3 is 2.81 bits per heavy atom. The van der Waals surface area contributed by atoms with Crippen molar-refractivity contribution in [2.45, 2.75) is 13.3 Å². The van der Waals surface area contributed by atoms with E-state index in [0.29, 0.717) is 5.82 Å². The predicted molar refractivity (Wildman–Crippen MR) is 84.2 cm³/mol. The Morgan fingerprint density at radius 1 is 1.14 bits per heavy atom. The minimum Gasteiger partial charge on any atom is -0.259 e. The molecule has 0 aliphatic rings. The fourth-order valence-electron chi connectivity index (χ4n) is 2.08. The van der Waals surface area contributed by atoms with E-state index in [1.807, 2.05) is 49.4 Å². The first kappa shape index (κ1) is 13.2. The van der Waals surface area contributed by atoms with E-state index in [2.05, 4.69) is 25.7 Å². The third-order valence-corrected chi connectivity index (χ3v) is 3.16. The molecular formula is C16H15N5. The van der Waals surface area contributed by atoms with Gasteiger partial charge < -0.3 is 0 Å². The number of rotatable bonds is 4. The maximum Gasteiger partial charge on any atom is 0.176 e. The van der Waals surface area contributed by atoms with Gasteiger partial charge in [0.15, 0.2) is 5.82 Å². The molecule has 3 aromatic rings. The van der Waals surface area contributed by atoms with Crippen LogP contribution in [0.2, 0.25) is 0 Å². The van der Waals surface area contributed by atoms with E-state index >= 15 is 0 Å². The molecule has 0 amide bonds. The number of hydrogen-bond acceptors (Lipinski definition) is 5. The lowest BCUT2D eigenvalue weighted by Gasteiger charge is -2.06. The van der Waals surface area contributed by atoms with Crippen LogP contribution in [0.1, 0.15) is 19.0 Å². The molecule has 2 heterocycles. The van der Waals surface area contributed by atoms with Crippen molar-refractivity contribution < 1.29 is 0 Å². The largest absolute Gasteiger partial charge is 0.259 e. The number of anilines is 1. The second-order valence-corrected chi connectivity index (χ2v) is 4.52. The number of aromatic nitrogens is 3. The van der Waals surface area contributed by atoms with E-state index in [4.69, 9.17) is 0 Å². The van der Waals surface area contributed by atoms with Crippen LogP contribution in [0, 0.1) is 0 Å². The van der Waals surface area contributed by atoms with Gasteiger partial charge in [0, 0.05) is 17.0 Å². The third kappa shape index (κ3) is 2.86. The summed E-state index contributed by atoms with van der Waals surface area (Å²) in [6.45, 7) is 2.05. The fraction of sp³-hybridized carbons (Fsp3) is 0.125. The lowest BCUT2D eigenvalue weighted by atomic mass is 10.2. The molecule has 2 aromatic heterocycles. The summed E-state index contributed by atoms with van der Waals surface area (Å²) in [4.78, 5) is 4.32. The Labute approximate surface area is 122 Å². The molecule has 3 rings (SSSR count). The highest BCUT2D eigenvalue weighted by Gasteiger charge is 2.04. The molecule has 5 nitrogen and oxygen atoms in total. The zero-order valence-electron chi connectivity index (χ0n) is 11.7. The first-order valence-electron chi connectivity index (χ1n) is 6.83. The van der Waals surface area contributed by atoms with Crippen molar-refractivity contribution >= 4 is 22.3 Å². The first-order valence-corrected chi connectivity index (χ1v) is 6.83. The number of benzene rings is 1. The van der Waals surface area contributed by atoms with Crippen molar-refractivity contribution in [2.75, 3.05) is 5.43 Å². The Balaban J connectivity index is 1.93. The summed E-state index contributed by atoms with van der Waals surface area (Å²) in [6, 6.07) is 13.7. The molecule has 0 radical (unpaired) electrons. The lowest BCUT2D eigenvalue weighted by molar-refractivity contribution is 1.03. The Morgan fingerprint density at radius 2 is 2.00 bits per heavy atom. The number of nitrogens with zero attached hydrogens (tertiary/aromatic N) is 4. The molecule has 0 saturated carbocycles. The van der Waals surface area contributed by atoms with Gasteiger partial charge in [-0.15, -0.1) is 5.10 Å². The molecule has 0 bridgehead atoms. The molecule has 0 aliphatic heterocycles. The highest BCUT2D eigenvalue weighted by atomic mass is 15.3. The monoisotopic (exact) mass is 277 g/mol. The predicted octanol–water partition coefficient (Wildman–Crippen LogP) is 3.25. The lowest BCUT2D eigenvalue weighted by Crippen LogP contribution is -2.06. The SMILES string of the molecule is CCC(=NNc1nncc2ccccc12)c1ccccn1. The quantitative estimate of drug-likeness (QED) is 0.587. The van der Waals surface area contributed by atoms with Crippen LogP contribution >= 0.6 is 0 Å². The molecule has 0 unspecified atom stereocenters. The Hall–Kier alpha value is -2.82. The number of fused-ring (bicyclic) bond motifs is 1. The zero-order chi connectivity index (χ0) is 14.5. The number of pyridine rings is 1. The number of hydrazone groups is 1. The van der Waals surface area contributed by atoms with Gasteiger partial charge in [-0.25, -0.2) is 0 Å². The highest BCUT2D eigenvalue weighted by molar-refractivity contribution is 5.99. The van der Waals surface area contributed by atoms with Gasteiger partial charge in [0.1, 0.15) is 0 Å². The topological polar surface area (TPSA) is 63.1 Å². The van der Waals surface area contributed by atoms with E-state index < -0.39 is 0 Å². The van der Waals surface area contributed by atoms with Crippen LogP contribution < -0.4 is 5.43 Å². The smallest absolute Gasteiger partial charge is 0.176 e. The second-order valence-electron chi connectivity index (χ2n) is 4.52. The molecule has 0 atom stereocenters. The minimum absolute atomic E-state index is 0.648. The Kier molecular flexibility index (Phi) is 3.82. The molecule has 104 valence electrons. The standard InChI is InChI=1S/C16H15N5/c1-2-14(15-9-5-6-10-17-15)19-21-16-13-8-4-3-7-12(13)11-18-20-16/h3-11H,2H2,1H3,(H,20,21). The molecule has 0 saturated heterocycles. The van der Waals surface area contributed by atoms with Crippen LogP contribution in [-0.2, 0) is 0 Å². The molecular weight excluding hydrogens is 262 g/mol. The average Bonchev–Trinajstić information content (AvgIpc) is 2.56. The van der Waals surface area contributed by atoms with Gasteiger partial charge in [-0.2, -0.15) is 10.2 Å². The highest BCUT2D eigenvalue weighted by Crippen LogP contribution is 2.19. The summed E-state index contributed by atoms with van der Waals surface area (Å²) in [5.74, 6) is 0.648. The molecule has 0 fully saturated rings. The normalized spacial score (nSPS) is 11.6. The summed E-state index contributed by atoms with van der Waals surface area (Å²) in [7, 11) is 0. The number of nitrogens with one attached hydrogen (secondary N) is 1. The van der Waals surface area contributed by atoms with Gasteiger partial charge in [0.2, 0.25) is 0 Å². The molecule has 5 heteroatoms. The fourth-order valence-corrected chi connectivity index (χ4v) is 2.08. The van der Waals surface area contributed by atoms with Crippen molar-refractivity contribution in [1.82, 2.24) is 15.2 Å². The van der Waals surface area contributed by atoms with Gasteiger partial charge in [0.05, 0.1) is 17.6 Å². The summed E-state index contributed by atoms with van der Waals surface area (Å²) in [5.41, 5.74) is 4.75. The van der Waals surface area contributed by atoms with Crippen LogP contribution in [0.3, 0.4) is 0 Å². The van der Waals surface area contributed by atoms with E-state index in [1.54, 1.807) is 12.4 Å². The van der Waals surface area contributed by atoms with Crippen LogP contribution in [0.4, 0.5) is 5.82 Å². The summed E-state index contributed by atoms with van der Waals surface area (Å²) in [5, 5.41) is 14.6.